The Kier molecular flexibility index (Phi) is 7.83. The van der Waals surface area contributed by atoms with Crippen molar-refractivity contribution in [3.63, 3.8) is 0 Å². The molecule has 1 atom stereocenters. The van der Waals surface area contributed by atoms with Crippen molar-refractivity contribution >= 4 is 0 Å². The Balaban J connectivity index is 0.000000207. The lowest BCUT2D eigenvalue weighted by molar-refractivity contribution is 0.293. The monoisotopic (exact) mass is 162 g/mol. The number of aliphatic hydroxyl groups excluding tert-OH is 1. The van der Waals surface area contributed by atoms with Crippen molar-refractivity contribution in [2.45, 2.75) is 13.0 Å². The zero-order chi connectivity index (χ0) is 8.53. The number of nitrogens with one attached hydrogen (secondary N) is 1. The molecular formula is C7H18N2O2. The molecule has 1 aliphatic rings. The first-order valence-electron chi connectivity index (χ1n) is 3.94. The predicted octanol–water partition coefficient (Wildman–Crippen LogP) is -1.07. The van der Waals surface area contributed by atoms with Crippen molar-refractivity contribution in [3.05, 3.63) is 0 Å². The third-order valence-electron chi connectivity index (χ3n) is 1.11. The molecule has 4 N–H and O–H groups in total. The van der Waals surface area contributed by atoms with Gasteiger partial charge in [-0.2, -0.15) is 0 Å². The summed E-state index contributed by atoms with van der Waals surface area (Å²) >= 11 is 0. The van der Waals surface area contributed by atoms with Crippen molar-refractivity contribution in [1.29, 1.82) is 0 Å². The van der Waals surface area contributed by atoms with E-state index < -0.39 is 0 Å². The van der Waals surface area contributed by atoms with Gasteiger partial charge in [0.25, 0.3) is 0 Å². The van der Waals surface area contributed by atoms with Gasteiger partial charge in [0.1, 0.15) is 0 Å². The fraction of sp³-hybridized carbons (Fsp3) is 1.00. The molecule has 11 heavy (non-hydrogen) atoms. The van der Waals surface area contributed by atoms with Gasteiger partial charge < -0.3 is 20.9 Å². The van der Waals surface area contributed by atoms with Gasteiger partial charge in [0.15, 0.2) is 0 Å². The van der Waals surface area contributed by atoms with Gasteiger partial charge in [-0.3, -0.25) is 0 Å². The lowest BCUT2D eigenvalue weighted by atomic mass is 10.6. The second-order valence-corrected chi connectivity index (χ2v) is 2.41. The summed E-state index contributed by atoms with van der Waals surface area (Å²) in [7, 11) is 0. The van der Waals surface area contributed by atoms with Crippen LogP contribution in [0.25, 0.3) is 0 Å². The molecule has 0 bridgehead atoms. The lowest BCUT2D eigenvalue weighted by Gasteiger charge is -1.95. The molecule has 4 heteroatoms. The van der Waals surface area contributed by atoms with Crippen LogP contribution in [0.4, 0.5) is 0 Å². The van der Waals surface area contributed by atoms with Gasteiger partial charge in [0, 0.05) is 19.6 Å². The molecule has 1 saturated heterocycles. The first kappa shape index (κ1) is 10.8. The number of aliphatic hydroxyl groups is 1. The molecule has 1 aliphatic heterocycles. The standard InChI is InChI=1S/C4H12N2O.C3H6O/c5-1-2-6-3-4-7;1-3-2-4-3/h6-7H,1-5H2;3H,2H2,1H3. The number of epoxide rings is 1. The van der Waals surface area contributed by atoms with Crippen LogP contribution in [0, 0.1) is 0 Å². The van der Waals surface area contributed by atoms with E-state index in [0.717, 1.165) is 13.2 Å². The quantitative estimate of drug-likeness (QED) is 0.364. The van der Waals surface area contributed by atoms with Crippen LogP contribution in [0.3, 0.4) is 0 Å². The van der Waals surface area contributed by atoms with E-state index in [1.54, 1.807) is 0 Å². The van der Waals surface area contributed by atoms with Crippen LogP contribution in [0.1, 0.15) is 6.92 Å². The van der Waals surface area contributed by atoms with Crippen LogP contribution in [0.15, 0.2) is 0 Å². The van der Waals surface area contributed by atoms with Crippen molar-refractivity contribution in [2.24, 2.45) is 5.73 Å². The zero-order valence-corrected chi connectivity index (χ0v) is 7.05. The summed E-state index contributed by atoms with van der Waals surface area (Å²) in [6, 6.07) is 0. The fourth-order valence-corrected chi connectivity index (χ4v) is 0.402. The number of hydrogen-bond donors (Lipinski definition) is 3. The Hall–Kier alpha value is -0.160. The van der Waals surface area contributed by atoms with Crippen LogP contribution in [0.5, 0.6) is 0 Å². The molecule has 1 heterocycles. The van der Waals surface area contributed by atoms with Crippen LogP contribution in [-0.4, -0.2) is 44.1 Å². The maximum absolute atomic E-state index is 8.19. The van der Waals surface area contributed by atoms with E-state index >= 15 is 0 Å². The van der Waals surface area contributed by atoms with Crippen molar-refractivity contribution in [2.75, 3.05) is 32.8 Å². The van der Waals surface area contributed by atoms with Gasteiger partial charge in [-0.25, -0.2) is 0 Å². The van der Waals surface area contributed by atoms with E-state index in [-0.39, 0.29) is 6.61 Å². The van der Waals surface area contributed by atoms with E-state index in [0.29, 0.717) is 19.2 Å². The minimum atomic E-state index is 0.194. The fourth-order valence-electron chi connectivity index (χ4n) is 0.402. The third-order valence-corrected chi connectivity index (χ3v) is 1.11. The maximum Gasteiger partial charge on any atom is 0.0781 e. The molecule has 1 fully saturated rings. The highest BCUT2D eigenvalue weighted by molar-refractivity contribution is 4.58. The first-order chi connectivity index (χ1) is 5.31. The topological polar surface area (TPSA) is 70.8 Å². The van der Waals surface area contributed by atoms with E-state index in [1.165, 1.54) is 0 Å². The molecule has 0 aromatic carbocycles. The number of nitrogens with two attached hydrogens (primary N) is 1. The Morgan fingerprint density at radius 1 is 1.64 bits per heavy atom. The number of hydrogen-bond acceptors (Lipinski definition) is 4. The summed E-state index contributed by atoms with van der Waals surface area (Å²) in [6.45, 7) is 5.32. The normalized spacial score (nSPS) is 20.5. The first-order valence-corrected chi connectivity index (χ1v) is 3.94. The average molecular weight is 162 g/mol. The number of ether oxygens (including phenoxy) is 1. The molecule has 0 aliphatic carbocycles. The third kappa shape index (κ3) is 12.9. The molecule has 4 nitrogen and oxygen atoms in total. The molecule has 0 radical (unpaired) electrons. The second-order valence-electron chi connectivity index (χ2n) is 2.41. The van der Waals surface area contributed by atoms with Crippen molar-refractivity contribution in [1.82, 2.24) is 5.32 Å². The highest BCUT2D eigenvalue weighted by Gasteiger charge is 2.13. The summed E-state index contributed by atoms with van der Waals surface area (Å²) in [6.07, 6.45) is 0.583. The van der Waals surface area contributed by atoms with Crippen LogP contribution in [-0.2, 0) is 4.74 Å². The molecule has 0 aromatic heterocycles. The minimum Gasteiger partial charge on any atom is -0.395 e. The zero-order valence-electron chi connectivity index (χ0n) is 7.05. The van der Waals surface area contributed by atoms with Crippen molar-refractivity contribution < 1.29 is 9.84 Å². The Labute approximate surface area is 67.7 Å². The molecule has 0 amide bonds. The summed E-state index contributed by atoms with van der Waals surface area (Å²) in [5.41, 5.74) is 5.13. The largest absolute Gasteiger partial charge is 0.395 e. The minimum absolute atomic E-state index is 0.194. The van der Waals surface area contributed by atoms with E-state index in [2.05, 4.69) is 12.2 Å². The van der Waals surface area contributed by atoms with Gasteiger partial charge in [-0.1, -0.05) is 0 Å². The Morgan fingerprint density at radius 2 is 2.18 bits per heavy atom. The summed E-state index contributed by atoms with van der Waals surface area (Å²) < 4.78 is 4.71. The van der Waals surface area contributed by atoms with E-state index in [4.69, 9.17) is 15.6 Å². The van der Waals surface area contributed by atoms with Crippen molar-refractivity contribution in [3.8, 4) is 0 Å². The average Bonchev–Trinajstić information content (AvgIpc) is 2.75. The number of rotatable bonds is 4. The van der Waals surface area contributed by atoms with Crippen LogP contribution in [0.2, 0.25) is 0 Å². The van der Waals surface area contributed by atoms with Gasteiger partial charge in [-0.15, -0.1) is 0 Å². The molecule has 0 spiro atoms. The SMILES string of the molecule is CC1CO1.NCCNCCO. The Morgan fingerprint density at radius 3 is 2.45 bits per heavy atom. The smallest absolute Gasteiger partial charge is 0.0781 e. The van der Waals surface area contributed by atoms with E-state index in [9.17, 15) is 0 Å². The molecule has 1 rings (SSSR count). The molecule has 0 aromatic rings. The lowest BCUT2D eigenvalue weighted by Crippen LogP contribution is -2.24. The maximum atomic E-state index is 8.19. The summed E-state index contributed by atoms with van der Waals surface area (Å²) in [5, 5.41) is 11.1. The van der Waals surface area contributed by atoms with Crippen LogP contribution < -0.4 is 11.1 Å². The van der Waals surface area contributed by atoms with Gasteiger partial charge in [-0.05, 0) is 6.92 Å². The second kappa shape index (κ2) is 7.94. The van der Waals surface area contributed by atoms with Gasteiger partial charge >= 0.3 is 0 Å². The highest BCUT2D eigenvalue weighted by atomic mass is 16.6. The summed E-state index contributed by atoms with van der Waals surface area (Å²) in [5.74, 6) is 0. The molecule has 68 valence electrons. The molecule has 1 unspecified atom stereocenters. The molecule has 0 saturated carbocycles. The highest BCUT2D eigenvalue weighted by Crippen LogP contribution is 2.04. The van der Waals surface area contributed by atoms with Crippen LogP contribution >= 0.6 is 0 Å². The van der Waals surface area contributed by atoms with Gasteiger partial charge in [0.05, 0.1) is 19.3 Å². The predicted molar refractivity (Wildman–Crippen MR) is 44.4 cm³/mol. The Bertz CT molecular complexity index is 72.8. The molecular weight excluding hydrogens is 144 g/mol. The van der Waals surface area contributed by atoms with Gasteiger partial charge in [0.2, 0.25) is 0 Å². The van der Waals surface area contributed by atoms with E-state index in [1.807, 2.05) is 0 Å². The summed E-state index contributed by atoms with van der Waals surface area (Å²) in [4.78, 5) is 0.